The van der Waals surface area contributed by atoms with Crippen LogP contribution in [-0.2, 0) is 4.79 Å². The van der Waals surface area contributed by atoms with Crippen molar-refractivity contribution in [2.45, 2.75) is 59.4 Å². The van der Waals surface area contributed by atoms with Crippen molar-refractivity contribution in [1.29, 1.82) is 0 Å². The molecule has 17 heavy (non-hydrogen) atoms. The molecule has 0 aromatic carbocycles. The molecule has 1 rings (SSSR count). The third-order valence-electron chi connectivity index (χ3n) is 3.78. The summed E-state index contributed by atoms with van der Waals surface area (Å²) in [5.41, 5.74) is -0.0411. The van der Waals surface area contributed by atoms with Crippen molar-refractivity contribution in [3.63, 3.8) is 0 Å². The summed E-state index contributed by atoms with van der Waals surface area (Å²) >= 11 is 0. The molecule has 1 aliphatic heterocycles. The van der Waals surface area contributed by atoms with Gasteiger partial charge in [0.15, 0.2) is 0 Å². The van der Waals surface area contributed by atoms with Crippen molar-refractivity contribution in [3.8, 4) is 0 Å². The number of rotatable bonds is 3. The van der Waals surface area contributed by atoms with E-state index in [0.717, 1.165) is 32.5 Å². The molecule has 1 amide bonds. The molecule has 100 valence electrons. The van der Waals surface area contributed by atoms with Crippen molar-refractivity contribution in [2.75, 3.05) is 19.6 Å². The first-order chi connectivity index (χ1) is 7.78. The molecule has 0 aliphatic carbocycles. The Morgan fingerprint density at radius 1 is 1.29 bits per heavy atom. The highest BCUT2D eigenvalue weighted by molar-refractivity contribution is 5.85. The van der Waals surface area contributed by atoms with Gasteiger partial charge in [0.1, 0.15) is 0 Å². The maximum Gasteiger partial charge on any atom is 0.242 e. The number of amides is 1. The van der Waals surface area contributed by atoms with Gasteiger partial charge in [-0.1, -0.05) is 20.8 Å². The Labute approximate surface area is 106 Å². The number of likely N-dealkylation sites (tertiary alicyclic amines) is 1. The fourth-order valence-corrected chi connectivity index (χ4v) is 2.54. The summed E-state index contributed by atoms with van der Waals surface area (Å²) in [5, 5.41) is 3.27. The van der Waals surface area contributed by atoms with Crippen molar-refractivity contribution in [3.05, 3.63) is 0 Å². The lowest BCUT2D eigenvalue weighted by Crippen LogP contribution is -2.54. The third-order valence-corrected chi connectivity index (χ3v) is 3.78. The number of carbonyl (C=O) groups is 1. The van der Waals surface area contributed by atoms with Crippen molar-refractivity contribution < 1.29 is 4.79 Å². The van der Waals surface area contributed by atoms with Crippen molar-refractivity contribution in [2.24, 2.45) is 5.41 Å². The van der Waals surface area contributed by atoms with Gasteiger partial charge in [-0.25, -0.2) is 0 Å². The normalized spacial score (nSPS) is 21.1. The fraction of sp³-hybridized carbons (Fsp3) is 0.929. The highest BCUT2D eigenvalue weighted by atomic mass is 16.2. The van der Waals surface area contributed by atoms with Crippen LogP contribution in [0.4, 0.5) is 0 Å². The number of nitrogens with one attached hydrogen (secondary N) is 1. The van der Waals surface area contributed by atoms with Crippen LogP contribution in [0.15, 0.2) is 0 Å². The van der Waals surface area contributed by atoms with E-state index < -0.39 is 5.54 Å². The van der Waals surface area contributed by atoms with Gasteiger partial charge in [0, 0.05) is 13.1 Å². The van der Waals surface area contributed by atoms with E-state index in [0.29, 0.717) is 5.41 Å². The zero-order chi connectivity index (χ0) is 13.1. The number of hydrogen-bond donors (Lipinski definition) is 1. The molecule has 1 heterocycles. The second kappa shape index (κ2) is 5.38. The highest BCUT2D eigenvalue weighted by Gasteiger charge is 2.33. The Kier molecular flexibility index (Phi) is 4.59. The van der Waals surface area contributed by atoms with Crippen LogP contribution in [0, 0.1) is 5.41 Å². The topological polar surface area (TPSA) is 32.3 Å². The van der Waals surface area contributed by atoms with E-state index in [9.17, 15) is 4.79 Å². The molecule has 0 saturated carbocycles. The van der Waals surface area contributed by atoms with Gasteiger partial charge in [-0.15, -0.1) is 0 Å². The standard InChI is InChI=1S/C14H28N2O/c1-6-15-14(4,5)12(17)16-10-7-8-13(2,3)9-11-16/h15H,6-11H2,1-5H3. The third kappa shape index (κ3) is 3.98. The molecule has 0 aromatic rings. The van der Waals surface area contributed by atoms with E-state index in [-0.39, 0.29) is 5.91 Å². The van der Waals surface area contributed by atoms with Gasteiger partial charge in [0.2, 0.25) is 5.91 Å². The van der Waals surface area contributed by atoms with Crippen LogP contribution in [0.5, 0.6) is 0 Å². The quantitative estimate of drug-likeness (QED) is 0.821. The molecule has 1 aliphatic rings. The van der Waals surface area contributed by atoms with E-state index in [2.05, 4.69) is 19.2 Å². The van der Waals surface area contributed by atoms with Crippen molar-refractivity contribution >= 4 is 5.91 Å². The smallest absolute Gasteiger partial charge is 0.242 e. The average molecular weight is 240 g/mol. The Balaban J connectivity index is 2.64. The minimum absolute atomic E-state index is 0.247. The Morgan fingerprint density at radius 3 is 2.53 bits per heavy atom. The Morgan fingerprint density at radius 2 is 1.94 bits per heavy atom. The first-order valence-electron chi connectivity index (χ1n) is 6.83. The zero-order valence-electron chi connectivity index (χ0n) is 12.1. The summed E-state index contributed by atoms with van der Waals surface area (Å²) in [5.74, 6) is 0.247. The summed E-state index contributed by atoms with van der Waals surface area (Å²) < 4.78 is 0. The highest BCUT2D eigenvalue weighted by Crippen LogP contribution is 2.30. The molecule has 0 aromatic heterocycles. The summed E-state index contributed by atoms with van der Waals surface area (Å²) in [6.07, 6.45) is 3.46. The zero-order valence-corrected chi connectivity index (χ0v) is 12.1. The summed E-state index contributed by atoms with van der Waals surface area (Å²) in [4.78, 5) is 14.5. The van der Waals surface area contributed by atoms with Gasteiger partial charge in [0.25, 0.3) is 0 Å². The van der Waals surface area contributed by atoms with Crippen LogP contribution in [0.2, 0.25) is 0 Å². The molecule has 1 N–H and O–H groups in total. The van der Waals surface area contributed by atoms with E-state index in [1.165, 1.54) is 6.42 Å². The van der Waals surface area contributed by atoms with Crippen LogP contribution >= 0.6 is 0 Å². The molecule has 1 fully saturated rings. The molecule has 3 heteroatoms. The molecular weight excluding hydrogens is 212 g/mol. The van der Waals surface area contributed by atoms with Gasteiger partial charge in [-0.2, -0.15) is 0 Å². The van der Waals surface area contributed by atoms with Crippen LogP contribution in [0.3, 0.4) is 0 Å². The average Bonchev–Trinajstić information content (AvgIpc) is 2.38. The lowest BCUT2D eigenvalue weighted by Gasteiger charge is -2.32. The van der Waals surface area contributed by atoms with Gasteiger partial charge < -0.3 is 10.2 Å². The minimum atomic E-state index is -0.427. The summed E-state index contributed by atoms with van der Waals surface area (Å²) in [7, 11) is 0. The second-order valence-electron chi connectivity index (χ2n) is 6.47. The number of hydrogen-bond acceptors (Lipinski definition) is 2. The molecule has 0 spiro atoms. The first kappa shape index (κ1) is 14.5. The Bertz CT molecular complexity index is 271. The molecule has 0 radical (unpaired) electrons. The lowest BCUT2D eigenvalue weighted by molar-refractivity contribution is -0.137. The van der Waals surface area contributed by atoms with Gasteiger partial charge in [-0.05, 0) is 45.1 Å². The monoisotopic (exact) mass is 240 g/mol. The maximum atomic E-state index is 12.4. The van der Waals surface area contributed by atoms with E-state index in [4.69, 9.17) is 0 Å². The summed E-state index contributed by atoms with van der Waals surface area (Å²) in [6, 6.07) is 0. The molecular formula is C14H28N2O. The van der Waals surface area contributed by atoms with Gasteiger partial charge >= 0.3 is 0 Å². The molecule has 0 bridgehead atoms. The maximum absolute atomic E-state index is 12.4. The molecule has 1 saturated heterocycles. The first-order valence-corrected chi connectivity index (χ1v) is 6.83. The summed E-state index contributed by atoms with van der Waals surface area (Å²) in [6.45, 7) is 13.3. The Hall–Kier alpha value is -0.570. The number of likely N-dealkylation sites (N-methyl/N-ethyl adjacent to an activating group) is 1. The number of nitrogens with zero attached hydrogens (tertiary/aromatic N) is 1. The number of carbonyl (C=O) groups excluding carboxylic acids is 1. The fourth-order valence-electron chi connectivity index (χ4n) is 2.54. The SMILES string of the molecule is CCNC(C)(C)C(=O)N1CCCC(C)(C)CC1. The van der Waals surface area contributed by atoms with Crippen LogP contribution in [0.1, 0.15) is 53.9 Å². The second-order valence-corrected chi connectivity index (χ2v) is 6.47. The molecule has 0 atom stereocenters. The molecule has 0 unspecified atom stereocenters. The van der Waals surface area contributed by atoms with Crippen LogP contribution in [0.25, 0.3) is 0 Å². The predicted octanol–water partition coefficient (Wildman–Crippen LogP) is 2.41. The minimum Gasteiger partial charge on any atom is -0.341 e. The van der Waals surface area contributed by atoms with E-state index in [1.807, 2.05) is 25.7 Å². The van der Waals surface area contributed by atoms with Crippen LogP contribution in [-0.4, -0.2) is 36.0 Å². The van der Waals surface area contributed by atoms with Gasteiger partial charge in [-0.3, -0.25) is 4.79 Å². The van der Waals surface area contributed by atoms with Crippen LogP contribution < -0.4 is 5.32 Å². The van der Waals surface area contributed by atoms with Gasteiger partial charge in [0.05, 0.1) is 5.54 Å². The predicted molar refractivity (Wildman–Crippen MR) is 72.0 cm³/mol. The molecule has 3 nitrogen and oxygen atoms in total. The van der Waals surface area contributed by atoms with Crippen molar-refractivity contribution in [1.82, 2.24) is 10.2 Å². The van der Waals surface area contributed by atoms with E-state index >= 15 is 0 Å². The largest absolute Gasteiger partial charge is 0.341 e. The van der Waals surface area contributed by atoms with E-state index in [1.54, 1.807) is 0 Å². The lowest BCUT2D eigenvalue weighted by atomic mass is 9.85.